The lowest BCUT2D eigenvalue weighted by Gasteiger charge is -2.29. The molecule has 1 N–H and O–H groups in total. The molecule has 0 aliphatic carbocycles. The van der Waals surface area contributed by atoms with E-state index >= 15 is 0 Å². The zero-order valence-corrected chi connectivity index (χ0v) is 11.2. The molecule has 0 aliphatic heterocycles. The van der Waals surface area contributed by atoms with Gasteiger partial charge in [0.25, 0.3) is 0 Å². The molecule has 0 radical (unpaired) electrons. The summed E-state index contributed by atoms with van der Waals surface area (Å²) in [4.78, 5) is 0. The molecule has 3 nitrogen and oxygen atoms in total. The number of halogens is 1. The van der Waals surface area contributed by atoms with Crippen LogP contribution in [0.2, 0.25) is 0 Å². The van der Waals surface area contributed by atoms with E-state index in [2.05, 4.69) is 24.3 Å². The number of hydrogen-bond acceptors (Lipinski definition) is 2. The fourth-order valence-corrected chi connectivity index (χ4v) is 2.24. The highest BCUT2D eigenvalue weighted by atomic mass is 35.5. The molecule has 1 aromatic rings. The molecule has 16 heavy (non-hydrogen) atoms. The van der Waals surface area contributed by atoms with Crippen LogP contribution in [0.25, 0.3) is 0 Å². The van der Waals surface area contributed by atoms with Gasteiger partial charge in [0, 0.05) is 37.8 Å². The van der Waals surface area contributed by atoms with Crippen molar-refractivity contribution in [1.29, 1.82) is 0 Å². The van der Waals surface area contributed by atoms with Gasteiger partial charge in [-0.2, -0.15) is 5.10 Å². The summed E-state index contributed by atoms with van der Waals surface area (Å²) in [5, 5.41) is 7.61. The summed E-state index contributed by atoms with van der Waals surface area (Å²) >= 11 is 6.05. The summed E-state index contributed by atoms with van der Waals surface area (Å²) in [5.74, 6) is 0.722. The number of rotatable bonds is 7. The van der Waals surface area contributed by atoms with Crippen molar-refractivity contribution >= 4 is 11.6 Å². The van der Waals surface area contributed by atoms with Crippen molar-refractivity contribution in [3.05, 3.63) is 18.0 Å². The van der Waals surface area contributed by atoms with Crippen molar-refractivity contribution < 1.29 is 0 Å². The van der Waals surface area contributed by atoms with Gasteiger partial charge in [0.2, 0.25) is 0 Å². The molecule has 0 saturated heterocycles. The summed E-state index contributed by atoms with van der Waals surface area (Å²) in [5.41, 5.74) is 1.46. The predicted molar refractivity (Wildman–Crippen MR) is 68.6 cm³/mol. The van der Waals surface area contributed by atoms with Gasteiger partial charge in [-0.05, 0) is 18.3 Å². The minimum absolute atomic E-state index is 0.240. The number of nitrogens with one attached hydrogen (secondary N) is 1. The van der Waals surface area contributed by atoms with Gasteiger partial charge < -0.3 is 5.32 Å². The van der Waals surface area contributed by atoms with Crippen LogP contribution in [0, 0.1) is 5.41 Å². The van der Waals surface area contributed by atoms with E-state index in [-0.39, 0.29) is 5.41 Å². The average Bonchev–Trinajstić information content (AvgIpc) is 2.71. The molecule has 0 spiro atoms. The van der Waals surface area contributed by atoms with E-state index < -0.39 is 0 Å². The predicted octanol–water partition coefficient (Wildman–Crippen LogP) is 2.55. The van der Waals surface area contributed by atoms with Crippen LogP contribution in [0.3, 0.4) is 0 Å². The maximum absolute atomic E-state index is 6.05. The second kappa shape index (κ2) is 6.26. The summed E-state index contributed by atoms with van der Waals surface area (Å²) in [6, 6.07) is 0. The lowest BCUT2D eigenvalue weighted by Crippen LogP contribution is -2.34. The smallest absolute Gasteiger partial charge is 0.0534 e. The van der Waals surface area contributed by atoms with Crippen LogP contribution in [0.5, 0.6) is 0 Å². The minimum atomic E-state index is 0.240. The lowest BCUT2D eigenvalue weighted by molar-refractivity contribution is 0.286. The number of hydrogen-bond donors (Lipinski definition) is 1. The topological polar surface area (TPSA) is 29.9 Å². The maximum Gasteiger partial charge on any atom is 0.0534 e. The molecular formula is C12H22ClN3. The second-order valence-corrected chi connectivity index (χ2v) is 4.73. The van der Waals surface area contributed by atoms with Crippen LogP contribution in [0.15, 0.2) is 12.4 Å². The molecule has 0 bridgehead atoms. The van der Waals surface area contributed by atoms with Crippen molar-refractivity contribution in [2.45, 2.75) is 33.2 Å². The fraction of sp³-hybridized carbons (Fsp3) is 0.750. The number of aryl methyl sites for hydroxylation is 1. The van der Waals surface area contributed by atoms with Crippen molar-refractivity contribution in [3.63, 3.8) is 0 Å². The largest absolute Gasteiger partial charge is 0.312 e. The molecule has 92 valence electrons. The third-order valence-corrected chi connectivity index (χ3v) is 3.94. The first kappa shape index (κ1) is 13.5. The van der Waals surface area contributed by atoms with Crippen molar-refractivity contribution in [1.82, 2.24) is 15.1 Å². The molecular weight excluding hydrogens is 222 g/mol. The highest BCUT2D eigenvalue weighted by Gasteiger charge is 2.24. The van der Waals surface area contributed by atoms with E-state index in [1.165, 1.54) is 5.56 Å². The molecule has 0 aliphatic rings. The van der Waals surface area contributed by atoms with E-state index in [0.717, 1.165) is 31.8 Å². The standard InChI is InChI=1S/C12H22ClN3/c1-4-12(5-2,9-13)10-14-6-11-7-15-16(3)8-11/h7-8,14H,4-6,9-10H2,1-3H3. The van der Waals surface area contributed by atoms with E-state index in [4.69, 9.17) is 11.6 Å². The fourth-order valence-electron chi connectivity index (χ4n) is 1.77. The monoisotopic (exact) mass is 243 g/mol. The summed E-state index contributed by atoms with van der Waals surface area (Å²) in [6.07, 6.45) is 6.17. The molecule has 0 fully saturated rings. The van der Waals surface area contributed by atoms with Crippen LogP contribution in [-0.4, -0.2) is 22.2 Å². The number of alkyl halides is 1. The highest BCUT2D eigenvalue weighted by molar-refractivity contribution is 6.18. The number of nitrogens with zero attached hydrogens (tertiary/aromatic N) is 2. The SMILES string of the molecule is CCC(CC)(CCl)CNCc1cnn(C)c1. The van der Waals surface area contributed by atoms with Gasteiger partial charge in [-0.1, -0.05) is 13.8 Å². The normalized spacial score (nSPS) is 12.0. The molecule has 1 aromatic heterocycles. The van der Waals surface area contributed by atoms with Gasteiger partial charge in [-0.15, -0.1) is 11.6 Å². The Hall–Kier alpha value is -0.540. The van der Waals surface area contributed by atoms with E-state index in [1.54, 1.807) is 0 Å². The maximum atomic E-state index is 6.05. The number of aromatic nitrogens is 2. The van der Waals surface area contributed by atoms with Crippen LogP contribution < -0.4 is 5.32 Å². The zero-order valence-electron chi connectivity index (χ0n) is 10.5. The van der Waals surface area contributed by atoms with Gasteiger partial charge in [0.05, 0.1) is 6.20 Å². The Morgan fingerprint density at radius 2 is 2.12 bits per heavy atom. The zero-order chi connectivity index (χ0) is 12.0. The first-order valence-electron chi connectivity index (χ1n) is 5.90. The Morgan fingerprint density at radius 1 is 1.44 bits per heavy atom. The first-order valence-corrected chi connectivity index (χ1v) is 6.43. The van der Waals surface area contributed by atoms with Crippen LogP contribution in [-0.2, 0) is 13.6 Å². The van der Waals surface area contributed by atoms with Crippen molar-refractivity contribution in [3.8, 4) is 0 Å². The first-order chi connectivity index (χ1) is 7.65. The molecule has 0 unspecified atom stereocenters. The van der Waals surface area contributed by atoms with Gasteiger partial charge in [-0.3, -0.25) is 4.68 Å². The Kier molecular flexibility index (Phi) is 5.29. The molecule has 1 rings (SSSR count). The molecule has 0 amide bonds. The summed E-state index contributed by atoms with van der Waals surface area (Å²) in [7, 11) is 1.94. The minimum Gasteiger partial charge on any atom is -0.312 e. The quantitative estimate of drug-likeness (QED) is 0.746. The average molecular weight is 244 g/mol. The summed E-state index contributed by atoms with van der Waals surface area (Å²) in [6.45, 7) is 6.25. The molecule has 0 atom stereocenters. The third-order valence-electron chi connectivity index (χ3n) is 3.37. The van der Waals surface area contributed by atoms with Crippen LogP contribution in [0.1, 0.15) is 32.3 Å². The third kappa shape index (κ3) is 3.49. The second-order valence-electron chi connectivity index (χ2n) is 4.47. The molecule has 0 saturated carbocycles. The van der Waals surface area contributed by atoms with E-state index in [9.17, 15) is 0 Å². The van der Waals surface area contributed by atoms with Crippen LogP contribution >= 0.6 is 11.6 Å². The lowest BCUT2D eigenvalue weighted by atomic mass is 9.84. The molecule has 0 aromatic carbocycles. The highest BCUT2D eigenvalue weighted by Crippen LogP contribution is 2.26. The Bertz CT molecular complexity index is 297. The summed E-state index contributed by atoms with van der Waals surface area (Å²) < 4.78 is 1.82. The Balaban J connectivity index is 2.39. The van der Waals surface area contributed by atoms with Crippen molar-refractivity contribution in [2.24, 2.45) is 12.5 Å². The molecule has 4 heteroatoms. The van der Waals surface area contributed by atoms with Gasteiger partial charge in [0.1, 0.15) is 0 Å². The van der Waals surface area contributed by atoms with Gasteiger partial charge >= 0.3 is 0 Å². The molecule has 1 heterocycles. The van der Waals surface area contributed by atoms with Gasteiger partial charge in [0.15, 0.2) is 0 Å². The van der Waals surface area contributed by atoms with E-state index in [1.807, 2.05) is 24.1 Å². The van der Waals surface area contributed by atoms with Crippen molar-refractivity contribution in [2.75, 3.05) is 12.4 Å². The Morgan fingerprint density at radius 3 is 2.56 bits per heavy atom. The van der Waals surface area contributed by atoms with Crippen LogP contribution in [0.4, 0.5) is 0 Å². The van der Waals surface area contributed by atoms with E-state index in [0.29, 0.717) is 0 Å². The Labute approximate surface area is 103 Å². The van der Waals surface area contributed by atoms with Gasteiger partial charge in [-0.25, -0.2) is 0 Å².